The standard InChI is InChI=1S/C14H19NO4S/c16-14(17)13-7-5-11(6-8-13)9-15-20(18,19)10-12-3-1-2-4-12/h5-8,12,15H,1-4,9-10H2,(H,16,17). The fourth-order valence-corrected chi connectivity index (χ4v) is 3.96. The molecule has 0 atom stereocenters. The maximum absolute atomic E-state index is 11.9. The van der Waals surface area contributed by atoms with E-state index in [0.717, 1.165) is 31.2 Å². The molecule has 20 heavy (non-hydrogen) atoms. The quantitative estimate of drug-likeness (QED) is 0.841. The Bertz CT molecular complexity index is 559. The molecule has 0 aromatic heterocycles. The van der Waals surface area contributed by atoms with Crippen LogP contribution in [0.3, 0.4) is 0 Å². The second-order valence-electron chi connectivity index (χ2n) is 5.26. The van der Waals surface area contributed by atoms with Crippen molar-refractivity contribution in [3.63, 3.8) is 0 Å². The van der Waals surface area contributed by atoms with Crippen molar-refractivity contribution in [3.05, 3.63) is 35.4 Å². The topological polar surface area (TPSA) is 83.5 Å². The number of hydrogen-bond acceptors (Lipinski definition) is 3. The van der Waals surface area contributed by atoms with Gasteiger partial charge in [-0.2, -0.15) is 0 Å². The lowest BCUT2D eigenvalue weighted by Gasteiger charge is -2.11. The zero-order chi connectivity index (χ0) is 14.6. The molecule has 0 radical (unpaired) electrons. The summed E-state index contributed by atoms with van der Waals surface area (Å²) in [5.41, 5.74) is 0.951. The molecule has 1 fully saturated rings. The molecular formula is C14H19NO4S. The lowest BCUT2D eigenvalue weighted by molar-refractivity contribution is 0.0697. The minimum atomic E-state index is -3.26. The number of sulfonamides is 1. The van der Waals surface area contributed by atoms with Gasteiger partial charge in [-0.05, 0) is 36.5 Å². The average molecular weight is 297 g/mol. The third-order valence-corrected chi connectivity index (χ3v) is 5.12. The van der Waals surface area contributed by atoms with E-state index in [0.29, 0.717) is 0 Å². The highest BCUT2D eigenvalue weighted by molar-refractivity contribution is 7.89. The lowest BCUT2D eigenvalue weighted by Crippen LogP contribution is -2.28. The van der Waals surface area contributed by atoms with E-state index in [1.54, 1.807) is 12.1 Å². The first-order valence-electron chi connectivity index (χ1n) is 6.76. The normalized spacial score (nSPS) is 16.4. The van der Waals surface area contributed by atoms with Crippen molar-refractivity contribution in [2.75, 3.05) is 5.75 Å². The number of aromatic carboxylic acids is 1. The van der Waals surface area contributed by atoms with Gasteiger partial charge in [0.2, 0.25) is 10.0 Å². The van der Waals surface area contributed by atoms with Crippen LogP contribution in [0.5, 0.6) is 0 Å². The molecule has 0 spiro atoms. The van der Waals surface area contributed by atoms with Crippen LogP contribution in [0, 0.1) is 5.92 Å². The first-order valence-corrected chi connectivity index (χ1v) is 8.41. The number of rotatable bonds is 6. The van der Waals surface area contributed by atoms with Crippen LogP contribution >= 0.6 is 0 Å². The Hall–Kier alpha value is -1.40. The van der Waals surface area contributed by atoms with E-state index in [9.17, 15) is 13.2 Å². The van der Waals surface area contributed by atoms with Crippen LogP contribution in [-0.4, -0.2) is 25.2 Å². The van der Waals surface area contributed by atoms with Gasteiger partial charge >= 0.3 is 5.97 Å². The molecule has 1 aromatic rings. The molecule has 5 nitrogen and oxygen atoms in total. The van der Waals surface area contributed by atoms with Crippen LogP contribution in [-0.2, 0) is 16.6 Å². The summed E-state index contributed by atoms with van der Waals surface area (Å²) in [6, 6.07) is 6.20. The number of carboxylic acids is 1. The zero-order valence-electron chi connectivity index (χ0n) is 11.2. The van der Waals surface area contributed by atoms with Gasteiger partial charge in [0, 0.05) is 6.54 Å². The van der Waals surface area contributed by atoms with Crippen molar-refractivity contribution >= 4 is 16.0 Å². The van der Waals surface area contributed by atoms with Crippen molar-refractivity contribution in [2.45, 2.75) is 32.2 Å². The summed E-state index contributed by atoms with van der Waals surface area (Å²) in [6.45, 7) is 0.203. The van der Waals surface area contributed by atoms with Crippen molar-refractivity contribution in [1.29, 1.82) is 0 Å². The van der Waals surface area contributed by atoms with E-state index in [2.05, 4.69) is 4.72 Å². The summed E-state index contributed by atoms with van der Waals surface area (Å²) in [7, 11) is -3.26. The van der Waals surface area contributed by atoms with Gasteiger partial charge in [-0.15, -0.1) is 0 Å². The van der Waals surface area contributed by atoms with Gasteiger partial charge in [0.25, 0.3) is 0 Å². The van der Waals surface area contributed by atoms with Gasteiger partial charge in [-0.1, -0.05) is 25.0 Å². The van der Waals surface area contributed by atoms with Crippen molar-refractivity contribution in [3.8, 4) is 0 Å². The van der Waals surface area contributed by atoms with Crippen LogP contribution in [0.1, 0.15) is 41.6 Å². The Labute approximate surface area is 119 Å². The molecule has 0 saturated heterocycles. The van der Waals surface area contributed by atoms with Crippen LogP contribution in [0.2, 0.25) is 0 Å². The van der Waals surface area contributed by atoms with E-state index >= 15 is 0 Å². The van der Waals surface area contributed by atoms with Gasteiger partial charge in [0.05, 0.1) is 11.3 Å². The largest absolute Gasteiger partial charge is 0.478 e. The predicted octanol–water partition coefficient (Wildman–Crippen LogP) is 1.99. The van der Waals surface area contributed by atoms with E-state index < -0.39 is 16.0 Å². The first kappa shape index (κ1) is 15.0. The summed E-state index contributed by atoms with van der Waals surface area (Å²) < 4.78 is 26.4. The average Bonchev–Trinajstić information content (AvgIpc) is 2.89. The highest BCUT2D eigenvalue weighted by Crippen LogP contribution is 2.25. The molecule has 1 aliphatic carbocycles. The third-order valence-electron chi connectivity index (χ3n) is 3.63. The number of benzene rings is 1. The van der Waals surface area contributed by atoms with Crippen LogP contribution in [0.4, 0.5) is 0 Å². The van der Waals surface area contributed by atoms with Crippen molar-refractivity contribution in [2.24, 2.45) is 5.92 Å². The number of nitrogens with one attached hydrogen (secondary N) is 1. The van der Waals surface area contributed by atoms with Gasteiger partial charge in [-0.25, -0.2) is 17.9 Å². The molecule has 0 unspecified atom stereocenters. The highest BCUT2D eigenvalue weighted by atomic mass is 32.2. The second-order valence-corrected chi connectivity index (χ2v) is 7.11. The number of hydrogen-bond donors (Lipinski definition) is 2. The predicted molar refractivity (Wildman–Crippen MR) is 76.0 cm³/mol. The van der Waals surface area contributed by atoms with E-state index in [1.807, 2.05) is 0 Å². The molecule has 1 aliphatic rings. The van der Waals surface area contributed by atoms with Gasteiger partial charge in [0.15, 0.2) is 0 Å². The molecule has 0 aliphatic heterocycles. The van der Waals surface area contributed by atoms with Crippen LogP contribution in [0.15, 0.2) is 24.3 Å². The number of carboxylic acid groups (broad SMARTS) is 1. The lowest BCUT2D eigenvalue weighted by atomic mass is 10.1. The Kier molecular flexibility index (Phi) is 4.77. The van der Waals surface area contributed by atoms with Gasteiger partial charge in [0.1, 0.15) is 0 Å². The molecule has 2 rings (SSSR count). The van der Waals surface area contributed by atoms with E-state index in [-0.39, 0.29) is 23.8 Å². The highest BCUT2D eigenvalue weighted by Gasteiger charge is 2.22. The minimum Gasteiger partial charge on any atom is -0.478 e. The first-order chi connectivity index (χ1) is 9.46. The molecular weight excluding hydrogens is 278 g/mol. The van der Waals surface area contributed by atoms with Crippen LogP contribution in [0.25, 0.3) is 0 Å². The number of carbonyl (C=O) groups is 1. The summed E-state index contributed by atoms with van der Waals surface area (Å²) in [5.74, 6) is -0.513. The molecule has 6 heteroatoms. The van der Waals surface area contributed by atoms with Crippen LogP contribution < -0.4 is 4.72 Å². The van der Waals surface area contributed by atoms with Crippen molar-refractivity contribution in [1.82, 2.24) is 4.72 Å². The molecule has 0 heterocycles. The Morgan fingerprint density at radius 2 is 1.80 bits per heavy atom. The molecule has 2 N–H and O–H groups in total. The maximum Gasteiger partial charge on any atom is 0.335 e. The smallest absolute Gasteiger partial charge is 0.335 e. The van der Waals surface area contributed by atoms with Gasteiger partial charge in [-0.3, -0.25) is 0 Å². The monoisotopic (exact) mass is 297 g/mol. The van der Waals surface area contributed by atoms with Crippen molar-refractivity contribution < 1.29 is 18.3 Å². The summed E-state index contributed by atoms with van der Waals surface area (Å²) in [5, 5.41) is 8.78. The Balaban J connectivity index is 1.88. The molecule has 1 aromatic carbocycles. The molecule has 0 amide bonds. The SMILES string of the molecule is O=C(O)c1ccc(CNS(=O)(=O)CC2CCCC2)cc1. The maximum atomic E-state index is 11.9. The Morgan fingerprint density at radius 3 is 2.35 bits per heavy atom. The zero-order valence-corrected chi connectivity index (χ0v) is 12.0. The summed E-state index contributed by atoms with van der Waals surface area (Å²) in [6.07, 6.45) is 4.23. The van der Waals surface area contributed by atoms with E-state index in [1.165, 1.54) is 12.1 Å². The van der Waals surface area contributed by atoms with E-state index in [4.69, 9.17) is 5.11 Å². The fraction of sp³-hybridized carbons (Fsp3) is 0.500. The Morgan fingerprint density at radius 1 is 1.20 bits per heavy atom. The molecule has 110 valence electrons. The fourth-order valence-electron chi connectivity index (χ4n) is 2.50. The molecule has 1 saturated carbocycles. The van der Waals surface area contributed by atoms with Gasteiger partial charge < -0.3 is 5.11 Å². The second kappa shape index (κ2) is 6.37. The molecule has 0 bridgehead atoms. The minimum absolute atomic E-state index is 0.195. The third kappa shape index (κ3) is 4.31. The summed E-state index contributed by atoms with van der Waals surface area (Å²) >= 11 is 0. The summed E-state index contributed by atoms with van der Waals surface area (Å²) in [4.78, 5) is 10.7.